The maximum atomic E-state index is 13.4. The maximum absolute atomic E-state index is 13.4. The van der Waals surface area contributed by atoms with E-state index in [-0.39, 0.29) is 23.4 Å². The van der Waals surface area contributed by atoms with Gasteiger partial charge in [0.05, 0.1) is 17.3 Å². The number of hydrogen-bond acceptors (Lipinski definition) is 3. The Balaban J connectivity index is 1.62. The van der Waals surface area contributed by atoms with Gasteiger partial charge in [-0.05, 0) is 45.1 Å². The van der Waals surface area contributed by atoms with E-state index in [1.54, 1.807) is 11.6 Å². The van der Waals surface area contributed by atoms with E-state index in [0.29, 0.717) is 18.2 Å². The van der Waals surface area contributed by atoms with Crippen molar-refractivity contribution < 1.29 is 9.59 Å². The Morgan fingerprint density at radius 2 is 1.92 bits per heavy atom. The summed E-state index contributed by atoms with van der Waals surface area (Å²) in [5, 5.41) is 4.57. The van der Waals surface area contributed by atoms with Gasteiger partial charge in [-0.2, -0.15) is 5.10 Å². The fraction of sp³-hybridized carbons (Fsp3) is 0.750. The number of aromatic nitrogens is 2. The van der Waals surface area contributed by atoms with Gasteiger partial charge in [-0.3, -0.25) is 14.3 Å². The van der Waals surface area contributed by atoms with E-state index in [1.165, 1.54) is 12.8 Å². The van der Waals surface area contributed by atoms with E-state index in [1.807, 2.05) is 22.9 Å². The molecule has 2 atom stereocenters. The quantitative estimate of drug-likeness (QED) is 0.817. The molecule has 2 saturated heterocycles. The van der Waals surface area contributed by atoms with Crippen LogP contribution >= 0.6 is 0 Å². The molecule has 2 amide bonds. The monoisotopic (exact) mass is 358 g/mol. The Morgan fingerprint density at radius 3 is 2.62 bits per heavy atom. The molecule has 6 nitrogen and oxygen atoms in total. The van der Waals surface area contributed by atoms with Gasteiger partial charge < -0.3 is 9.80 Å². The number of fused-ring (bicyclic) bond motifs is 1. The van der Waals surface area contributed by atoms with Crippen molar-refractivity contribution in [2.75, 3.05) is 13.1 Å². The Kier molecular flexibility index (Phi) is 4.32. The minimum atomic E-state index is -0.250. The second-order valence-corrected chi connectivity index (χ2v) is 8.49. The van der Waals surface area contributed by atoms with E-state index >= 15 is 0 Å². The lowest BCUT2D eigenvalue weighted by Gasteiger charge is -2.45. The van der Waals surface area contributed by atoms with Gasteiger partial charge in [-0.15, -0.1) is 0 Å². The molecule has 0 unspecified atom stereocenters. The van der Waals surface area contributed by atoms with Crippen molar-refractivity contribution in [2.45, 2.75) is 76.3 Å². The highest BCUT2D eigenvalue weighted by atomic mass is 16.2. The molecule has 26 heavy (non-hydrogen) atoms. The molecule has 1 aromatic heterocycles. The molecule has 1 aliphatic carbocycles. The standard InChI is InChI=1S/C20H30N4O2/c1-14(25)24-11-6-4-5-7-18-20(24,2)10-12-23(18)19(26)17-13-16(15-8-9-15)21-22(17)3/h13,15,18H,4-12H2,1-3H3/t18-,20-/m0/s1. The summed E-state index contributed by atoms with van der Waals surface area (Å²) in [5.74, 6) is 0.746. The summed E-state index contributed by atoms with van der Waals surface area (Å²) >= 11 is 0. The highest BCUT2D eigenvalue weighted by Gasteiger charge is 2.50. The normalized spacial score (nSPS) is 29.3. The second-order valence-electron chi connectivity index (χ2n) is 8.49. The Bertz CT molecular complexity index is 723. The number of hydrogen-bond donors (Lipinski definition) is 0. The maximum Gasteiger partial charge on any atom is 0.272 e. The molecule has 3 aliphatic rings. The van der Waals surface area contributed by atoms with Crippen LogP contribution in [0, 0.1) is 0 Å². The Labute approximate surface area is 155 Å². The minimum Gasteiger partial charge on any atom is -0.335 e. The van der Waals surface area contributed by atoms with Crippen LogP contribution in [0.2, 0.25) is 0 Å². The van der Waals surface area contributed by atoms with E-state index < -0.39 is 0 Å². The highest BCUT2D eigenvalue weighted by Crippen LogP contribution is 2.41. The topological polar surface area (TPSA) is 58.4 Å². The predicted molar refractivity (Wildman–Crippen MR) is 98.9 cm³/mol. The van der Waals surface area contributed by atoms with Crippen molar-refractivity contribution >= 4 is 11.8 Å². The average Bonchev–Trinajstić information content (AvgIpc) is 3.28. The molecular weight excluding hydrogens is 328 g/mol. The van der Waals surface area contributed by atoms with Gasteiger partial charge in [0, 0.05) is 33.0 Å². The van der Waals surface area contributed by atoms with Crippen molar-refractivity contribution in [3.05, 3.63) is 17.5 Å². The smallest absolute Gasteiger partial charge is 0.272 e. The van der Waals surface area contributed by atoms with Crippen molar-refractivity contribution in [3.8, 4) is 0 Å². The van der Waals surface area contributed by atoms with Gasteiger partial charge in [-0.25, -0.2) is 0 Å². The summed E-state index contributed by atoms with van der Waals surface area (Å²) < 4.78 is 1.75. The van der Waals surface area contributed by atoms with Crippen LogP contribution in [0.5, 0.6) is 0 Å². The van der Waals surface area contributed by atoms with Crippen LogP contribution in [0.1, 0.15) is 80.9 Å². The lowest BCUT2D eigenvalue weighted by molar-refractivity contribution is -0.136. The van der Waals surface area contributed by atoms with Gasteiger partial charge in [0.1, 0.15) is 5.69 Å². The SMILES string of the molecule is CC(=O)N1CCCCC[C@@H]2N(C(=O)c3cc(C4CC4)nn3C)CC[C@@]21C. The molecule has 6 heteroatoms. The summed E-state index contributed by atoms with van der Waals surface area (Å²) in [6.07, 6.45) is 7.49. The Morgan fingerprint density at radius 1 is 1.15 bits per heavy atom. The van der Waals surface area contributed by atoms with Crippen LogP contribution in [0.15, 0.2) is 6.07 Å². The lowest BCUT2D eigenvalue weighted by Crippen LogP contribution is -2.58. The third-order valence-corrected chi connectivity index (χ3v) is 6.68. The van der Waals surface area contributed by atoms with Crippen LogP contribution in [0.3, 0.4) is 0 Å². The molecule has 0 radical (unpaired) electrons. The molecule has 0 N–H and O–H groups in total. The van der Waals surface area contributed by atoms with Gasteiger partial charge in [0.15, 0.2) is 0 Å². The summed E-state index contributed by atoms with van der Waals surface area (Å²) in [5.41, 5.74) is 1.49. The zero-order chi connectivity index (χ0) is 18.5. The molecule has 3 heterocycles. The molecule has 1 aromatic rings. The van der Waals surface area contributed by atoms with E-state index in [4.69, 9.17) is 0 Å². The van der Waals surface area contributed by atoms with Crippen LogP contribution < -0.4 is 0 Å². The van der Waals surface area contributed by atoms with E-state index in [9.17, 15) is 9.59 Å². The van der Waals surface area contributed by atoms with Crippen molar-refractivity contribution in [2.24, 2.45) is 7.05 Å². The first-order valence-corrected chi connectivity index (χ1v) is 10.0. The fourth-order valence-electron chi connectivity index (χ4n) is 5.00. The number of rotatable bonds is 2. The Hall–Kier alpha value is -1.85. The van der Waals surface area contributed by atoms with Crippen LogP contribution in [-0.4, -0.2) is 56.1 Å². The number of amides is 2. The fourth-order valence-corrected chi connectivity index (χ4v) is 5.00. The van der Waals surface area contributed by atoms with Gasteiger partial charge in [0.2, 0.25) is 5.91 Å². The van der Waals surface area contributed by atoms with Crippen molar-refractivity contribution in [1.82, 2.24) is 19.6 Å². The van der Waals surface area contributed by atoms with Crippen molar-refractivity contribution in [3.63, 3.8) is 0 Å². The summed E-state index contributed by atoms with van der Waals surface area (Å²) in [6.45, 7) is 5.36. The first-order chi connectivity index (χ1) is 12.4. The zero-order valence-electron chi connectivity index (χ0n) is 16.2. The average molecular weight is 358 g/mol. The van der Waals surface area contributed by atoms with Crippen LogP contribution in [0.25, 0.3) is 0 Å². The molecule has 0 aromatic carbocycles. The lowest BCUT2D eigenvalue weighted by atomic mass is 9.84. The first-order valence-electron chi connectivity index (χ1n) is 10.0. The molecule has 0 bridgehead atoms. The molecule has 1 saturated carbocycles. The third-order valence-electron chi connectivity index (χ3n) is 6.68. The molecule has 142 valence electrons. The molecule has 3 fully saturated rings. The predicted octanol–water partition coefficient (Wildman–Crippen LogP) is 2.69. The third kappa shape index (κ3) is 2.83. The zero-order valence-corrected chi connectivity index (χ0v) is 16.2. The molecule has 4 rings (SSSR count). The van der Waals surface area contributed by atoms with Crippen molar-refractivity contribution in [1.29, 1.82) is 0 Å². The number of aryl methyl sites for hydroxylation is 1. The highest BCUT2D eigenvalue weighted by molar-refractivity contribution is 5.93. The van der Waals surface area contributed by atoms with Gasteiger partial charge in [-0.1, -0.05) is 12.8 Å². The second kappa shape index (κ2) is 6.39. The largest absolute Gasteiger partial charge is 0.335 e. The number of likely N-dealkylation sites (tertiary alicyclic amines) is 2. The van der Waals surface area contributed by atoms with E-state index in [2.05, 4.69) is 12.0 Å². The number of carbonyl (C=O) groups excluding carboxylic acids is 2. The first kappa shape index (κ1) is 17.6. The number of nitrogens with zero attached hydrogens (tertiary/aromatic N) is 4. The number of carbonyl (C=O) groups is 2. The minimum absolute atomic E-state index is 0.0738. The summed E-state index contributed by atoms with van der Waals surface area (Å²) in [7, 11) is 1.87. The summed E-state index contributed by atoms with van der Waals surface area (Å²) in [6, 6.07) is 2.08. The molecule has 2 aliphatic heterocycles. The molecule has 0 spiro atoms. The summed E-state index contributed by atoms with van der Waals surface area (Å²) in [4.78, 5) is 29.7. The molecular formula is C20H30N4O2. The van der Waals surface area contributed by atoms with E-state index in [0.717, 1.165) is 44.3 Å². The van der Waals surface area contributed by atoms with Gasteiger partial charge in [0.25, 0.3) is 5.91 Å². The van der Waals surface area contributed by atoms with Crippen LogP contribution in [-0.2, 0) is 11.8 Å². The van der Waals surface area contributed by atoms with Gasteiger partial charge >= 0.3 is 0 Å². The van der Waals surface area contributed by atoms with Crippen LogP contribution in [0.4, 0.5) is 0 Å².